The van der Waals surface area contributed by atoms with Crippen LogP contribution in [0.4, 0.5) is 0 Å². The molecule has 0 radical (unpaired) electrons. The van der Waals surface area contributed by atoms with E-state index in [0.29, 0.717) is 44.4 Å². The molecule has 1 aromatic carbocycles. The van der Waals surface area contributed by atoms with E-state index in [1.807, 2.05) is 12.1 Å². The number of phenolic OH excluding ortho intramolecular Hbond substituents is 1. The van der Waals surface area contributed by atoms with Gasteiger partial charge in [0, 0.05) is 38.6 Å². The van der Waals surface area contributed by atoms with Crippen molar-refractivity contribution in [2.45, 2.75) is 37.3 Å². The third-order valence-corrected chi connectivity index (χ3v) is 4.31. The molecular formula is C15H21NO3. The van der Waals surface area contributed by atoms with Gasteiger partial charge in [0.05, 0.1) is 5.60 Å². The van der Waals surface area contributed by atoms with Gasteiger partial charge in [0.1, 0.15) is 5.75 Å². The summed E-state index contributed by atoms with van der Waals surface area (Å²) in [6.07, 6.45) is 3.43. The molecule has 0 aromatic heterocycles. The summed E-state index contributed by atoms with van der Waals surface area (Å²) in [6, 6.07) is 5.87. The Balaban J connectivity index is 1.63. The monoisotopic (exact) mass is 263 g/mol. The molecule has 2 aliphatic rings. The van der Waals surface area contributed by atoms with E-state index in [4.69, 9.17) is 4.74 Å². The minimum Gasteiger partial charge on any atom is -0.508 e. The Kier molecular flexibility index (Phi) is 3.48. The Hall–Kier alpha value is -1.10. The van der Waals surface area contributed by atoms with E-state index >= 15 is 0 Å². The Morgan fingerprint density at radius 2 is 2.11 bits per heavy atom. The molecule has 3 N–H and O–H groups in total. The van der Waals surface area contributed by atoms with Crippen LogP contribution in [0.2, 0.25) is 0 Å². The van der Waals surface area contributed by atoms with Crippen molar-refractivity contribution in [3.63, 3.8) is 0 Å². The topological polar surface area (TPSA) is 61.7 Å². The first-order valence-electron chi connectivity index (χ1n) is 7.02. The molecule has 0 spiro atoms. The summed E-state index contributed by atoms with van der Waals surface area (Å²) >= 11 is 0. The summed E-state index contributed by atoms with van der Waals surface area (Å²) in [6.45, 7) is 1.90. The number of benzene rings is 1. The van der Waals surface area contributed by atoms with Crippen LogP contribution in [0.15, 0.2) is 18.2 Å². The number of hydrogen-bond acceptors (Lipinski definition) is 4. The SMILES string of the molecule is Oc1ccc2c(c1)CCC2NCC1(O)CCOCC1. The highest BCUT2D eigenvalue weighted by molar-refractivity contribution is 5.40. The van der Waals surface area contributed by atoms with Gasteiger partial charge in [-0.2, -0.15) is 0 Å². The van der Waals surface area contributed by atoms with Crippen LogP contribution in [0.3, 0.4) is 0 Å². The lowest BCUT2D eigenvalue weighted by atomic mass is 9.94. The highest BCUT2D eigenvalue weighted by atomic mass is 16.5. The van der Waals surface area contributed by atoms with E-state index in [9.17, 15) is 10.2 Å². The first-order valence-corrected chi connectivity index (χ1v) is 7.02. The van der Waals surface area contributed by atoms with E-state index in [-0.39, 0.29) is 0 Å². The van der Waals surface area contributed by atoms with E-state index in [0.717, 1.165) is 12.8 Å². The molecule has 0 amide bonds. The number of aliphatic hydroxyl groups is 1. The number of rotatable bonds is 3. The molecule has 4 heteroatoms. The molecule has 0 saturated carbocycles. The Morgan fingerprint density at radius 3 is 2.89 bits per heavy atom. The summed E-state index contributed by atoms with van der Waals surface area (Å²) in [5.74, 6) is 0.336. The van der Waals surface area contributed by atoms with Gasteiger partial charge in [-0.3, -0.25) is 0 Å². The second-order valence-electron chi connectivity index (χ2n) is 5.69. The van der Waals surface area contributed by atoms with E-state index in [1.165, 1.54) is 11.1 Å². The van der Waals surface area contributed by atoms with Crippen molar-refractivity contribution >= 4 is 0 Å². The van der Waals surface area contributed by atoms with Gasteiger partial charge in [0.25, 0.3) is 0 Å². The number of phenols is 1. The second kappa shape index (κ2) is 5.12. The van der Waals surface area contributed by atoms with Gasteiger partial charge in [-0.05, 0) is 36.1 Å². The predicted octanol–water partition coefficient (Wildman–Crippen LogP) is 1.51. The van der Waals surface area contributed by atoms with Crippen molar-refractivity contribution in [3.05, 3.63) is 29.3 Å². The van der Waals surface area contributed by atoms with E-state index in [2.05, 4.69) is 5.32 Å². The van der Waals surface area contributed by atoms with Gasteiger partial charge >= 0.3 is 0 Å². The molecule has 1 aliphatic carbocycles. The fourth-order valence-electron chi connectivity index (χ4n) is 3.06. The Labute approximate surface area is 113 Å². The lowest BCUT2D eigenvalue weighted by Gasteiger charge is -2.33. The van der Waals surface area contributed by atoms with Crippen LogP contribution in [0.25, 0.3) is 0 Å². The van der Waals surface area contributed by atoms with Crippen molar-refractivity contribution in [2.24, 2.45) is 0 Å². The largest absolute Gasteiger partial charge is 0.508 e. The van der Waals surface area contributed by atoms with Crippen LogP contribution in [-0.2, 0) is 11.2 Å². The third-order valence-electron chi connectivity index (χ3n) is 4.31. The lowest BCUT2D eigenvalue weighted by molar-refractivity contribution is -0.0628. The van der Waals surface area contributed by atoms with Crippen LogP contribution in [0, 0.1) is 0 Å². The van der Waals surface area contributed by atoms with Crippen LogP contribution < -0.4 is 5.32 Å². The van der Waals surface area contributed by atoms with Crippen LogP contribution in [0.5, 0.6) is 5.75 Å². The van der Waals surface area contributed by atoms with Gasteiger partial charge in [-0.1, -0.05) is 6.07 Å². The van der Waals surface area contributed by atoms with Crippen molar-refractivity contribution < 1.29 is 14.9 Å². The van der Waals surface area contributed by atoms with Gasteiger partial charge in [0.2, 0.25) is 0 Å². The molecule has 1 heterocycles. The number of fused-ring (bicyclic) bond motifs is 1. The maximum Gasteiger partial charge on any atom is 0.115 e. The summed E-state index contributed by atoms with van der Waals surface area (Å²) in [7, 11) is 0. The average molecular weight is 263 g/mol. The standard InChI is InChI=1S/C15H21NO3/c17-12-2-3-13-11(9-12)1-4-14(13)16-10-15(18)5-7-19-8-6-15/h2-3,9,14,16-18H,1,4-8,10H2. The normalized spacial score (nSPS) is 25.2. The average Bonchev–Trinajstić information content (AvgIpc) is 2.79. The zero-order chi connectivity index (χ0) is 13.3. The smallest absolute Gasteiger partial charge is 0.115 e. The molecule has 1 unspecified atom stereocenters. The first kappa shape index (κ1) is 12.9. The lowest BCUT2D eigenvalue weighted by Crippen LogP contribution is -2.45. The highest BCUT2D eigenvalue weighted by Gasteiger charge is 2.31. The molecule has 1 aliphatic heterocycles. The maximum absolute atomic E-state index is 10.4. The van der Waals surface area contributed by atoms with Gasteiger partial charge < -0.3 is 20.3 Å². The number of aryl methyl sites for hydroxylation is 1. The van der Waals surface area contributed by atoms with Crippen LogP contribution >= 0.6 is 0 Å². The number of hydrogen-bond donors (Lipinski definition) is 3. The van der Waals surface area contributed by atoms with Crippen molar-refractivity contribution in [2.75, 3.05) is 19.8 Å². The summed E-state index contributed by atoms with van der Waals surface area (Å²) in [4.78, 5) is 0. The summed E-state index contributed by atoms with van der Waals surface area (Å²) < 4.78 is 5.29. The molecule has 0 bridgehead atoms. The maximum atomic E-state index is 10.4. The van der Waals surface area contributed by atoms with E-state index in [1.54, 1.807) is 6.07 Å². The molecule has 1 saturated heterocycles. The predicted molar refractivity (Wildman–Crippen MR) is 72.2 cm³/mol. The molecule has 104 valence electrons. The molecule has 3 rings (SSSR count). The number of ether oxygens (including phenoxy) is 1. The molecule has 1 atom stereocenters. The van der Waals surface area contributed by atoms with Crippen LogP contribution in [0.1, 0.15) is 36.4 Å². The van der Waals surface area contributed by atoms with Crippen molar-refractivity contribution in [1.82, 2.24) is 5.32 Å². The summed E-state index contributed by atoms with van der Waals surface area (Å²) in [5.41, 5.74) is 1.85. The van der Waals surface area contributed by atoms with Gasteiger partial charge in [-0.25, -0.2) is 0 Å². The molecule has 1 aromatic rings. The fraction of sp³-hybridized carbons (Fsp3) is 0.600. The molecule has 1 fully saturated rings. The first-order chi connectivity index (χ1) is 9.16. The van der Waals surface area contributed by atoms with Crippen molar-refractivity contribution in [3.8, 4) is 5.75 Å². The Bertz CT molecular complexity index is 455. The van der Waals surface area contributed by atoms with Crippen LogP contribution in [-0.4, -0.2) is 35.6 Å². The second-order valence-corrected chi connectivity index (χ2v) is 5.69. The molecule has 4 nitrogen and oxygen atoms in total. The highest BCUT2D eigenvalue weighted by Crippen LogP contribution is 2.33. The van der Waals surface area contributed by atoms with Crippen molar-refractivity contribution in [1.29, 1.82) is 0 Å². The molecule has 19 heavy (non-hydrogen) atoms. The van der Waals surface area contributed by atoms with E-state index < -0.39 is 5.60 Å². The number of aromatic hydroxyl groups is 1. The van der Waals surface area contributed by atoms with Gasteiger partial charge in [-0.15, -0.1) is 0 Å². The molecular weight excluding hydrogens is 242 g/mol. The third kappa shape index (κ3) is 2.76. The zero-order valence-corrected chi connectivity index (χ0v) is 11.1. The fourth-order valence-corrected chi connectivity index (χ4v) is 3.06. The minimum absolute atomic E-state index is 0.294. The Morgan fingerprint density at radius 1 is 1.32 bits per heavy atom. The minimum atomic E-state index is -0.627. The van der Waals surface area contributed by atoms with Gasteiger partial charge in [0.15, 0.2) is 0 Å². The quantitative estimate of drug-likeness (QED) is 0.773. The number of nitrogens with one attached hydrogen (secondary N) is 1. The zero-order valence-electron chi connectivity index (χ0n) is 11.1. The summed E-state index contributed by atoms with van der Waals surface area (Å²) in [5, 5.41) is 23.4.